The Morgan fingerprint density at radius 2 is 2.12 bits per heavy atom. The summed E-state index contributed by atoms with van der Waals surface area (Å²) in [5.74, 6) is 1.05. The number of aromatic nitrogens is 1. The third kappa shape index (κ3) is 2.24. The molecule has 3 nitrogen and oxygen atoms in total. The van der Waals surface area contributed by atoms with E-state index in [2.05, 4.69) is 17.2 Å². The van der Waals surface area contributed by atoms with E-state index in [1.54, 1.807) is 6.07 Å². The highest BCUT2D eigenvalue weighted by Gasteiger charge is 2.01. The van der Waals surface area contributed by atoms with Crippen molar-refractivity contribution in [2.75, 3.05) is 11.9 Å². The summed E-state index contributed by atoms with van der Waals surface area (Å²) in [5.41, 5.74) is 0.656. The van der Waals surface area contributed by atoms with Gasteiger partial charge in [0, 0.05) is 11.9 Å². The maximum absolute atomic E-state index is 9.68. The van der Waals surface area contributed by atoms with Crippen LogP contribution in [0.3, 0.4) is 0 Å². The van der Waals surface area contributed by atoms with Crippen LogP contribution in [0.5, 0.6) is 5.75 Å². The highest BCUT2D eigenvalue weighted by Crippen LogP contribution is 2.23. The van der Waals surface area contributed by atoms with Crippen LogP contribution in [0.4, 0.5) is 5.82 Å². The van der Waals surface area contributed by atoms with Crippen LogP contribution in [0.15, 0.2) is 30.3 Å². The first-order valence-corrected chi connectivity index (χ1v) is 5.64. The summed E-state index contributed by atoms with van der Waals surface area (Å²) in [6.45, 7) is 3.07. The van der Waals surface area contributed by atoms with E-state index in [0.29, 0.717) is 5.52 Å². The summed E-state index contributed by atoms with van der Waals surface area (Å²) in [4.78, 5) is 4.39. The zero-order chi connectivity index (χ0) is 11.4. The van der Waals surface area contributed by atoms with Crippen molar-refractivity contribution in [2.45, 2.75) is 19.8 Å². The minimum Gasteiger partial charge on any atom is -0.506 e. The number of nitrogens with zero attached hydrogens (tertiary/aromatic N) is 1. The molecule has 0 amide bonds. The lowest BCUT2D eigenvalue weighted by Crippen LogP contribution is -2.02. The molecule has 0 fully saturated rings. The molecule has 16 heavy (non-hydrogen) atoms. The highest BCUT2D eigenvalue weighted by atomic mass is 16.3. The van der Waals surface area contributed by atoms with Crippen LogP contribution in [0.1, 0.15) is 19.8 Å². The van der Waals surface area contributed by atoms with Crippen LogP contribution in [-0.4, -0.2) is 16.6 Å². The predicted molar refractivity (Wildman–Crippen MR) is 66.8 cm³/mol. The second-order valence-electron chi connectivity index (χ2n) is 3.83. The van der Waals surface area contributed by atoms with Gasteiger partial charge >= 0.3 is 0 Å². The largest absolute Gasteiger partial charge is 0.506 e. The quantitative estimate of drug-likeness (QED) is 0.772. The van der Waals surface area contributed by atoms with Gasteiger partial charge in [0.05, 0.1) is 0 Å². The average Bonchev–Trinajstić information content (AvgIpc) is 2.30. The van der Waals surface area contributed by atoms with Crippen molar-refractivity contribution in [3.8, 4) is 5.75 Å². The normalized spacial score (nSPS) is 10.6. The standard InChI is InChI=1S/C13H16N2O/c1-2-3-9-14-12-8-7-10-5-4-6-11(16)13(10)15-12/h4-8,16H,2-3,9H2,1H3,(H,14,15). The van der Waals surface area contributed by atoms with Crippen molar-refractivity contribution in [1.82, 2.24) is 4.98 Å². The Morgan fingerprint density at radius 1 is 1.25 bits per heavy atom. The number of phenolic OH excluding ortho intramolecular Hbond substituents is 1. The van der Waals surface area contributed by atoms with Gasteiger partial charge in [0.25, 0.3) is 0 Å². The summed E-state index contributed by atoms with van der Waals surface area (Å²) in [6.07, 6.45) is 2.28. The second kappa shape index (κ2) is 4.84. The zero-order valence-electron chi connectivity index (χ0n) is 9.40. The Morgan fingerprint density at radius 3 is 2.94 bits per heavy atom. The van der Waals surface area contributed by atoms with Crippen LogP contribution in [0, 0.1) is 0 Å². The van der Waals surface area contributed by atoms with Crippen LogP contribution in [-0.2, 0) is 0 Å². The van der Waals surface area contributed by atoms with Crippen molar-refractivity contribution < 1.29 is 5.11 Å². The fourth-order valence-electron chi connectivity index (χ4n) is 1.62. The third-order valence-electron chi connectivity index (χ3n) is 2.54. The van der Waals surface area contributed by atoms with Gasteiger partial charge in [-0.05, 0) is 24.6 Å². The Kier molecular flexibility index (Phi) is 3.25. The number of unbranched alkanes of at least 4 members (excludes halogenated alkanes) is 1. The Hall–Kier alpha value is -1.77. The molecular formula is C13H16N2O. The fourth-order valence-corrected chi connectivity index (χ4v) is 1.62. The molecule has 84 valence electrons. The van der Waals surface area contributed by atoms with Crippen molar-refractivity contribution in [1.29, 1.82) is 0 Å². The van der Waals surface area contributed by atoms with E-state index in [9.17, 15) is 5.11 Å². The summed E-state index contributed by atoms with van der Waals surface area (Å²) in [7, 11) is 0. The van der Waals surface area contributed by atoms with Gasteiger partial charge < -0.3 is 10.4 Å². The molecule has 0 spiro atoms. The summed E-state index contributed by atoms with van der Waals surface area (Å²) in [5, 5.41) is 13.9. The molecule has 0 unspecified atom stereocenters. The molecule has 0 aliphatic carbocycles. The smallest absolute Gasteiger partial charge is 0.141 e. The number of nitrogens with one attached hydrogen (secondary N) is 1. The van der Waals surface area contributed by atoms with Crippen molar-refractivity contribution in [3.05, 3.63) is 30.3 Å². The Balaban J connectivity index is 2.25. The molecule has 1 aromatic carbocycles. The molecule has 0 saturated heterocycles. The van der Waals surface area contributed by atoms with E-state index < -0.39 is 0 Å². The summed E-state index contributed by atoms with van der Waals surface area (Å²) >= 11 is 0. The minimum atomic E-state index is 0.233. The minimum absolute atomic E-state index is 0.233. The maximum atomic E-state index is 9.68. The number of hydrogen-bond acceptors (Lipinski definition) is 3. The first-order chi connectivity index (χ1) is 7.81. The lowest BCUT2D eigenvalue weighted by Gasteiger charge is -2.06. The lowest BCUT2D eigenvalue weighted by molar-refractivity contribution is 0.480. The van der Waals surface area contributed by atoms with Crippen LogP contribution in [0.2, 0.25) is 0 Å². The van der Waals surface area contributed by atoms with Crippen LogP contribution < -0.4 is 5.32 Å². The average molecular weight is 216 g/mol. The molecule has 2 aromatic rings. The summed E-state index contributed by atoms with van der Waals surface area (Å²) < 4.78 is 0. The van der Waals surface area contributed by atoms with Crippen molar-refractivity contribution in [3.63, 3.8) is 0 Å². The maximum Gasteiger partial charge on any atom is 0.141 e. The van der Waals surface area contributed by atoms with Gasteiger partial charge in [-0.25, -0.2) is 4.98 Å². The van der Waals surface area contributed by atoms with Gasteiger partial charge in [-0.3, -0.25) is 0 Å². The van der Waals surface area contributed by atoms with Gasteiger partial charge in [-0.15, -0.1) is 0 Å². The summed E-state index contributed by atoms with van der Waals surface area (Å²) in [6, 6.07) is 9.33. The van der Waals surface area contributed by atoms with Gasteiger partial charge in [0.2, 0.25) is 0 Å². The monoisotopic (exact) mass is 216 g/mol. The molecule has 1 aromatic heterocycles. The van der Waals surface area contributed by atoms with E-state index in [-0.39, 0.29) is 5.75 Å². The SMILES string of the molecule is CCCCNc1ccc2cccc(O)c2n1. The third-order valence-corrected chi connectivity index (χ3v) is 2.54. The van der Waals surface area contributed by atoms with Crippen molar-refractivity contribution in [2.24, 2.45) is 0 Å². The van der Waals surface area contributed by atoms with Crippen molar-refractivity contribution >= 4 is 16.7 Å². The molecule has 3 heteroatoms. The molecule has 0 aliphatic heterocycles. The number of benzene rings is 1. The molecule has 0 bridgehead atoms. The van der Waals surface area contributed by atoms with E-state index in [1.165, 1.54) is 0 Å². The first kappa shape index (κ1) is 10.7. The van der Waals surface area contributed by atoms with E-state index in [4.69, 9.17) is 0 Å². The predicted octanol–water partition coefficient (Wildman–Crippen LogP) is 3.15. The number of phenols is 1. The molecule has 0 atom stereocenters. The van der Waals surface area contributed by atoms with Crippen LogP contribution >= 0.6 is 0 Å². The van der Waals surface area contributed by atoms with E-state index in [0.717, 1.165) is 30.6 Å². The molecule has 2 N–H and O–H groups in total. The zero-order valence-corrected chi connectivity index (χ0v) is 9.40. The van der Waals surface area contributed by atoms with Gasteiger partial charge in [-0.1, -0.05) is 25.5 Å². The van der Waals surface area contributed by atoms with Crippen LogP contribution in [0.25, 0.3) is 10.9 Å². The number of anilines is 1. The van der Waals surface area contributed by atoms with Gasteiger partial charge in [-0.2, -0.15) is 0 Å². The lowest BCUT2D eigenvalue weighted by atomic mass is 10.2. The molecule has 2 rings (SSSR count). The Labute approximate surface area is 95.1 Å². The molecular weight excluding hydrogens is 200 g/mol. The van der Waals surface area contributed by atoms with E-state index >= 15 is 0 Å². The number of aromatic hydroxyl groups is 1. The fraction of sp³-hybridized carbons (Fsp3) is 0.308. The number of hydrogen-bond donors (Lipinski definition) is 2. The number of pyridine rings is 1. The highest BCUT2D eigenvalue weighted by molar-refractivity contribution is 5.85. The van der Waals surface area contributed by atoms with Gasteiger partial charge in [0.15, 0.2) is 0 Å². The molecule has 0 aliphatic rings. The number of rotatable bonds is 4. The number of fused-ring (bicyclic) bond motifs is 1. The Bertz CT molecular complexity index is 482. The molecule has 1 heterocycles. The van der Waals surface area contributed by atoms with E-state index in [1.807, 2.05) is 24.3 Å². The topological polar surface area (TPSA) is 45.1 Å². The molecule has 0 saturated carbocycles. The van der Waals surface area contributed by atoms with Gasteiger partial charge in [0.1, 0.15) is 17.1 Å². The molecule has 0 radical (unpaired) electrons. The number of para-hydroxylation sites is 1. The first-order valence-electron chi connectivity index (χ1n) is 5.64. The second-order valence-corrected chi connectivity index (χ2v) is 3.83.